The highest BCUT2D eigenvalue weighted by molar-refractivity contribution is 5.80. The molecular weight excluding hydrogens is 444 g/mol. The lowest BCUT2D eigenvalue weighted by atomic mass is 9.96. The average molecular weight is 467 g/mol. The van der Waals surface area contributed by atoms with Crippen molar-refractivity contribution >= 4 is 0 Å². The number of aliphatic hydroxyl groups excluding tert-OH is 1. The number of hydrogen-bond donors (Lipinski definition) is 3. The molecule has 0 aliphatic heterocycles. The van der Waals surface area contributed by atoms with Crippen LogP contribution in [0.4, 0.5) is 8.78 Å². The summed E-state index contributed by atoms with van der Waals surface area (Å²) in [7, 11) is 0. The maximum absolute atomic E-state index is 13.5. The molecule has 176 valence electrons. The Bertz CT molecular complexity index is 1380. The predicted molar refractivity (Wildman–Crippen MR) is 121 cm³/mol. The third-order valence-electron chi connectivity index (χ3n) is 5.47. The summed E-state index contributed by atoms with van der Waals surface area (Å²) in [5.74, 6) is -2.40. The van der Waals surface area contributed by atoms with Crippen molar-refractivity contribution in [1.29, 1.82) is 0 Å². The molecule has 2 heterocycles. The molecule has 3 N–H and O–H groups in total. The molecule has 0 saturated heterocycles. The number of halogens is 2. The summed E-state index contributed by atoms with van der Waals surface area (Å²) in [4.78, 5) is 15.7. The van der Waals surface area contributed by atoms with Gasteiger partial charge in [0.1, 0.15) is 11.3 Å². The van der Waals surface area contributed by atoms with Crippen LogP contribution in [0.1, 0.15) is 42.5 Å². The van der Waals surface area contributed by atoms with Gasteiger partial charge >= 0.3 is 0 Å². The molecule has 34 heavy (non-hydrogen) atoms. The number of aromatic nitrogens is 3. The fourth-order valence-corrected chi connectivity index (χ4v) is 3.76. The number of aromatic hydroxyl groups is 1. The summed E-state index contributed by atoms with van der Waals surface area (Å²) in [6, 6.07) is 10.4. The average Bonchev–Trinajstić information content (AvgIpc) is 3.27. The van der Waals surface area contributed by atoms with Crippen LogP contribution in [0.5, 0.6) is 5.75 Å². The summed E-state index contributed by atoms with van der Waals surface area (Å²) in [6.07, 6.45) is 2.23. The number of H-pyrrole nitrogens is 1. The van der Waals surface area contributed by atoms with Crippen molar-refractivity contribution < 1.29 is 23.4 Å². The Morgan fingerprint density at radius 1 is 1.03 bits per heavy atom. The maximum Gasteiger partial charge on any atom is 0.264 e. The van der Waals surface area contributed by atoms with Crippen LogP contribution in [-0.4, -0.2) is 25.4 Å². The molecule has 0 spiro atoms. The second-order valence-electron chi connectivity index (χ2n) is 7.92. The van der Waals surface area contributed by atoms with Gasteiger partial charge in [0.2, 0.25) is 5.89 Å². The van der Waals surface area contributed by atoms with Crippen LogP contribution in [0.3, 0.4) is 0 Å². The molecule has 0 fully saturated rings. The van der Waals surface area contributed by atoms with Crippen molar-refractivity contribution in [3.63, 3.8) is 0 Å². The number of hydrogen-bond acceptors (Lipinski definition) is 6. The molecule has 0 atom stereocenters. The molecule has 4 aromatic rings. The van der Waals surface area contributed by atoms with E-state index >= 15 is 0 Å². The highest BCUT2D eigenvalue weighted by Crippen LogP contribution is 2.38. The van der Waals surface area contributed by atoms with E-state index in [1.54, 1.807) is 24.3 Å². The normalized spacial score (nSPS) is 11.2. The Labute approximate surface area is 193 Å². The largest absolute Gasteiger partial charge is 0.506 e. The van der Waals surface area contributed by atoms with Gasteiger partial charge in [0.25, 0.3) is 11.4 Å². The fourth-order valence-electron chi connectivity index (χ4n) is 3.76. The summed E-state index contributed by atoms with van der Waals surface area (Å²) in [6.45, 7) is 1.84. The van der Waals surface area contributed by atoms with Crippen molar-refractivity contribution in [3.8, 4) is 28.3 Å². The lowest BCUT2D eigenvalue weighted by Gasteiger charge is -2.14. The van der Waals surface area contributed by atoms with Gasteiger partial charge in [0.05, 0.1) is 13.0 Å². The molecule has 0 radical (unpaired) electrons. The summed E-state index contributed by atoms with van der Waals surface area (Å²) in [5.41, 5.74) is 1.88. The molecule has 0 saturated carbocycles. The maximum atomic E-state index is 13.5. The number of nitrogens with one attached hydrogen (secondary N) is 1. The van der Waals surface area contributed by atoms with Crippen molar-refractivity contribution in [2.24, 2.45) is 0 Å². The Morgan fingerprint density at radius 3 is 2.59 bits per heavy atom. The minimum atomic E-state index is -0.997. The van der Waals surface area contributed by atoms with Crippen molar-refractivity contribution in [1.82, 2.24) is 15.2 Å². The number of benzene rings is 2. The predicted octanol–water partition coefficient (Wildman–Crippen LogP) is 4.50. The third-order valence-corrected chi connectivity index (χ3v) is 5.47. The smallest absolute Gasteiger partial charge is 0.264 e. The number of pyridine rings is 1. The molecule has 0 aliphatic rings. The second-order valence-corrected chi connectivity index (χ2v) is 7.92. The van der Waals surface area contributed by atoms with E-state index in [9.17, 15) is 23.8 Å². The third kappa shape index (κ3) is 4.74. The first kappa shape index (κ1) is 23.3. The van der Waals surface area contributed by atoms with Crippen LogP contribution in [0.15, 0.2) is 51.7 Å². The molecule has 4 rings (SSSR count). The Balaban J connectivity index is 1.78. The first-order valence-electron chi connectivity index (χ1n) is 10.9. The van der Waals surface area contributed by atoms with E-state index in [0.717, 1.165) is 25.0 Å². The number of aliphatic hydroxyl groups is 1. The summed E-state index contributed by atoms with van der Waals surface area (Å²) in [5, 5.41) is 28.5. The van der Waals surface area contributed by atoms with Crippen molar-refractivity contribution in [2.45, 2.75) is 39.2 Å². The van der Waals surface area contributed by atoms with Crippen LogP contribution in [0.2, 0.25) is 0 Å². The van der Waals surface area contributed by atoms with Gasteiger partial charge in [0, 0.05) is 11.3 Å². The number of aromatic amines is 1. The SMILES string of the molecule is CCCCc1[nH]c(=O)c(-c2nnc(Cc3ccc(F)c(F)c3)o2)c(O)c1-c1cccc(CO)c1. The van der Waals surface area contributed by atoms with Gasteiger partial charge < -0.3 is 19.6 Å². The van der Waals surface area contributed by atoms with Gasteiger partial charge in [-0.25, -0.2) is 8.78 Å². The van der Waals surface area contributed by atoms with Crippen molar-refractivity contribution in [2.75, 3.05) is 0 Å². The van der Waals surface area contributed by atoms with Gasteiger partial charge in [-0.15, -0.1) is 10.2 Å². The summed E-state index contributed by atoms with van der Waals surface area (Å²) >= 11 is 0. The van der Waals surface area contributed by atoms with E-state index in [4.69, 9.17) is 4.42 Å². The zero-order valence-electron chi connectivity index (χ0n) is 18.4. The minimum Gasteiger partial charge on any atom is -0.506 e. The van der Waals surface area contributed by atoms with Crippen LogP contribution < -0.4 is 5.56 Å². The van der Waals surface area contributed by atoms with Gasteiger partial charge in [-0.1, -0.05) is 37.6 Å². The topological polar surface area (TPSA) is 112 Å². The van der Waals surface area contributed by atoms with Gasteiger partial charge in [0.15, 0.2) is 11.6 Å². The zero-order valence-corrected chi connectivity index (χ0v) is 18.4. The monoisotopic (exact) mass is 467 g/mol. The van der Waals surface area contributed by atoms with E-state index in [-0.39, 0.29) is 36.1 Å². The number of rotatable bonds is 8. The van der Waals surface area contributed by atoms with Gasteiger partial charge in [-0.2, -0.15) is 0 Å². The zero-order chi connectivity index (χ0) is 24.2. The van der Waals surface area contributed by atoms with Crippen LogP contribution >= 0.6 is 0 Å². The highest BCUT2D eigenvalue weighted by atomic mass is 19.2. The van der Waals surface area contributed by atoms with E-state index in [0.29, 0.717) is 34.4 Å². The first-order valence-corrected chi connectivity index (χ1v) is 10.9. The van der Waals surface area contributed by atoms with E-state index < -0.39 is 17.2 Å². The van der Waals surface area contributed by atoms with E-state index in [1.165, 1.54) is 6.07 Å². The minimum absolute atomic E-state index is 0.0167. The molecule has 0 bridgehead atoms. The van der Waals surface area contributed by atoms with E-state index in [2.05, 4.69) is 15.2 Å². The number of aryl methyl sites for hydroxylation is 1. The fraction of sp³-hybridized carbons (Fsp3) is 0.240. The Morgan fingerprint density at radius 2 is 1.85 bits per heavy atom. The van der Waals surface area contributed by atoms with Gasteiger partial charge in [-0.3, -0.25) is 4.79 Å². The highest BCUT2D eigenvalue weighted by Gasteiger charge is 2.24. The number of unbranched alkanes of at least 4 members (excludes halogenated alkanes) is 1. The van der Waals surface area contributed by atoms with E-state index in [1.807, 2.05) is 6.92 Å². The van der Waals surface area contributed by atoms with Crippen LogP contribution in [0, 0.1) is 11.6 Å². The molecule has 0 unspecified atom stereocenters. The molecule has 0 amide bonds. The molecule has 2 aromatic heterocycles. The van der Waals surface area contributed by atoms with Crippen molar-refractivity contribution in [3.05, 3.63) is 87.2 Å². The molecule has 2 aromatic carbocycles. The van der Waals surface area contributed by atoms with Crippen LogP contribution in [0.25, 0.3) is 22.6 Å². The Kier molecular flexibility index (Phi) is 6.83. The summed E-state index contributed by atoms with van der Waals surface area (Å²) < 4.78 is 32.3. The molecular formula is C25H23F2N3O4. The molecule has 0 aliphatic carbocycles. The van der Waals surface area contributed by atoms with Crippen LogP contribution in [-0.2, 0) is 19.4 Å². The number of nitrogens with zero attached hydrogens (tertiary/aromatic N) is 2. The quantitative estimate of drug-likeness (QED) is 0.352. The lowest BCUT2D eigenvalue weighted by molar-refractivity contribution is 0.282. The molecule has 9 heteroatoms. The van der Waals surface area contributed by atoms with Gasteiger partial charge in [-0.05, 0) is 47.7 Å². The second kappa shape index (κ2) is 9.96. The Hall–Kier alpha value is -3.85. The standard InChI is InChI=1S/C25H23F2N3O4/c1-2-3-7-19-21(16-6-4-5-15(10-16)13-31)23(32)22(24(33)28-19)25-30-29-20(34-25)12-14-8-9-17(26)18(27)11-14/h4-6,8-11,31H,2-3,7,12-13H2,1H3,(H2,28,32,33). The lowest BCUT2D eigenvalue weighted by Crippen LogP contribution is -2.14. The first-order chi connectivity index (χ1) is 16.4. The molecule has 7 nitrogen and oxygen atoms in total.